The van der Waals surface area contributed by atoms with E-state index < -0.39 is 53.4 Å². The highest BCUT2D eigenvalue weighted by Crippen LogP contribution is 2.48. The summed E-state index contributed by atoms with van der Waals surface area (Å²) in [7, 11) is 0. The van der Waals surface area contributed by atoms with Crippen LogP contribution in [0, 0.1) is 0 Å². The number of oxime groups is 1. The molecular formula is C21H22ClNO10S. The van der Waals surface area contributed by atoms with Crippen molar-refractivity contribution in [2.24, 2.45) is 5.16 Å². The summed E-state index contributed by atoms with van der Waals surface area (Å²) in [5.74, 6) is -2.84. The minimum atomic E-state index is -1.85. The average Bonchev–Trinajstić information content (AvgIpc) is 3.16. The van der Waals surface area contributed by atoms with Crippen LogP contribution in [0.4, 0.5) is 0 Å². The van der Waals surface area contributed by atoms with Gasteiger partial charge in [0.2, 0.25) is 6.10 Å². The number of halogens is 1. The zero-order valence-corrected chi connectivity index (χ0v) is 20.2. The topological polar surface area (TPSA) is 136 Å². The van der Waals surface area contributed by atoms with E-state index in [9.17, 15) is 19.2 Å². The summed E-state index contributed by atoms with van der Waals surface area (Å²) in [6.07, 6.45) is -5.23. The highest BCUT2D eigenvalue weighted by atomic mass is 35.5. The lowest BCUT2D eigenvalue weighted by molar-refractivity contribution is -0.323. The SMILES string of the molecule is CC(=O)OC[C@H]1O[C@]2(ON=C(c3ccc(Cl)cc3)S2)[C@H](OC(C)=O)[C@@H](OC(C)=O)[C@@H]1OC(C)=O. The van der Waals surface area contributed by atoms with Gasteiger partial charge in [-0.2, -0.15) is 0 Å². The Kier molecular flexibility index (Phi) is 8.05. The van der Waals surface area contributed by atoms with Gasteiger partial charge >= 0.3 is 29.0 Å². The molecule has 0 radical (unpaired) electrons. The van der Waals surface area contributed by atoms with Crippen molar-refractivity contribution < 1.29 is 47.7 Å². The van der Waals surface area contributed by atoms with Crippen LogP contribution in [0.15, 0.2) is 29.4 Å². The molecule has 2 aliphatic rings. The van der Waals surface area contributed by atoms with E-state index in [0.717, 1.165) is 32.5 Å². The molecule has 34 heavy (non-hydrogen) atoms. The van der Waals surface area contributed by atoms with Gasteiger partial charge in [-0.05, 0) is 23.9 Å². The van der Waals surface area contributed by atoms with E-state index in [1.807, 2.05) is 0 Å². The third kappa shape index (κ3) is 5.99. The third-order valence-electron chi connectivity index (χ3n) is 4.59. The molecule has 0 amide bonds. The predicted octanol–water partition coefficient (Wildman–Crippen LogP) is 2.18. The van der Waals surface area contributed by atoms with Crippen LogP contribution in [-0.4, -0.2) is 65.1 Å². The Morgan fingerprint density at radius 1 is 0.941 bits per heavy atom. The Morgan fingerprint density at radius 3 is 2.09 bits per heavy atom. The van der Waals surface area contributed by atoms with Crippen molar-refractivity contribution in [1.29, 1.82) is 0 Å². The monoisotopic (exact) mass is 515 g/mol. The van der Waals surface area contributed by atoms with Crippen LogP contribution in [0.2, 0.25) is 5.02 Å². The van der Waals surface area contributed by atoms with Gasteiger partial charge in [0, 0.05) is 38.3 Å². The van der Waals surface area contributed by atoms with Crippen LogP contribution in [0.3, 0.4) is 0 Å². The molecule has 0 bridgehead atoms. The highest BCUT2D eigenvalue weighted by molar-refractivity contribution is 8.15. The quantitative estimate of drug-likeness (QED) is 0.407. The molecule has 3 rings (SSSR count). The van der Waals surface area contributed by atoms with Crippen molar-refractivity contribution in [2.75, 3.05) is 6.61 Å². The lowest BCUT2D eigenvalue weighted by Gasteiger charge is -2.47. The maximum absolute atomic E-state index is 12.0. The van der Waals surface area contributed by atoms with E-state index in [1.165, 1.54) is 6.92 Å². The molecule has 184 valence electrons. The van der Waals surface area contributed by atoms with E-state index in [1.54, 1.807) is 24.3 Å². The number of ether oxygens (including phenoxy) is 5. The molecule has 5 atom stereocenters. The van der Waals surface area contributed by atoms with Gasteiger partial charge < -0.3 is 28.5 Å². The van der Waals surface area contributed by atoms with Gasteiger partial charge in [-0.15, -0.1) is 0 Å². The van der Waals surface area contributed by atoms with Crippen molar-refractivity contribution >= 4 is 52.3 Å². The molecule has 1 aromatic carbocycles. The second-order valence-corrected chi connectivity index (χ2v) is 8.93. The molecule has 1 aromatic rings. The summed E-state index contributed by atoms with van der Waals surface area (Å²) >= 11 is 6.90. The van der Waals surface area contributed by atoms with Crippen molar-refractivity contribution in [1.82, 2.24) is 0 Å². The van der Waals surface area contributed by atoms with Gasteiger partial charge in [0.1, 0.15) is 17.8 Å². The van der Waals surface area contributed by atoms with Crippen LogP contribution in [0.5, 0.6) is 0 Å². The summed E-state index contributed by atoms with van der Waals surface area (Å²) < 4.78 is 27.4. The fraction of sp³-hybridized carbons (Fsp3) is 0.476. The maximum atomic E-state index is 12.0. The Bertz CT molecular complexity index is 1000. The standard InChI is InChI=1S/C21H22ClNO10S/c1-10(24)28-9-16-17(29-11(2)25)18(30-12(3)26)19(31-13(4)27)21(32-16)33-23-20(34-21)14-5-7-15(22)8-6-14/h5-8,16-19H,9H2,1-4H3/t16-,17-,18+,19-,21+/m1/s1. The van der Waals surface area contributed by atoms with Gasteiger partial charge in [-0.25, -0.2) is 0 Å². The third-order valence-corrected chi connectivity index (χ3v) is 6.03. The zero-order chi connectivity index (χ0) is 25.0. The average molecular weight is 516 g/mol. The number of carbonyl (C=O) groups is 4. The number of thioether (sulfide) groups is 1. The molecule has 0 N–H and O–H groups in total. The summed E-state index contributed by atoms with van der Waals surface area (Å²) in [5.41, 5.74) is 0.624. The van der Waals surface area contributed by atoms with Crippen molar-refractivity contribution in [3.8, 4) is 0 Å². The summed E-state index contributed by atoms with van der Waals surface area (Å²) in [6.45, 7) is 4.23. The van der Waals surface area contributed by atoms with Gasteiger partial charge in [0.05, 0.1) is 0 Å². The Morgan fingerprint density at radius 2 is 1.53 bits per heavy atom. The molecular weight excluding hydrogens is 494 g/mol. The highest BCUT2D eigenvalue weighted by Gasteiger charge is 2.65. The fourth-order valence-electron chi connectivity index (χ4n) is 3.37. The second kappa shape index (κ2) is 10.6. The zero-order valence-electron chi connectivity index (χ0n) is 18.6. The van der Waals surface area contributed by atoms with E-state index in [2.05, 4.69) is 5.16 Å². The van der Waals surface area contributed by atoms with Crippen molar-refractivity contribution in [3.63, 3.8) is 0 Å². The number of esters is 4. The molecule has 1 saturated heterocycles. The van der Waals surface area contributed by atoms with Gasteiger partial charge in [-0.3, -0.25) is 19.2 Å². The normalized spacial score (nSPS) is 27.9. The molecule has 0 unspecified atom stereocenters. The van der Waals surface area contributed by atoms with E-state index in [4.69, 9.17) is 40.1 Å². The second-order valence-electron chi connectivity index (χ2n) is 7.34. The maximum Gasteiger partial charge on any atom is 0.332 e. The lowest BCUT2D eigenvalue weighted by Crippen LogP contribution is -2.67. The van der Waals surface area contributed by atoms with Crippen molar-refractivity contribution in [2.45, 2.75) is 57.2 Å². The largest absolute Gasteiger partial charge is 0.463 e. The van der Waals surface area contributed by atoms with Crippen molar-refractivity contribution in [3.05, 3.63) is 34.9 Å². The number of rotatable bonds is 6. The van der Waals surface area contributed by atoms with Crippen LogP contribution in [0.1, 0.15) is 33.3 Å². The number of hydrogen-bond acceptors (Lipinski definition) is 12. The molecule has 11 nitrogen and oxygen atoms in total. The van der Waals surface area contributed by atoms with Crippen LogP contribution in [0.25, 0.3) is 0 Å². The predicted molar refractivity (Wildman–Crippen MR) is 118 cm³/mol. The van der Waals surface area contributed by atoms with Gasteiger partial charge in [0.15, 0.2) is 12.2 Å². The number of carbonyl (C=O) groups excluding carboxylic acids is 4. The van der Waals surface area contributed by atoms with E-state index >= 15 is 0 Å². The first-order valence-electron chi connectivity index (χ1n) is 10.0. The molecule has 1 fully saturated rings. The van der Waals surface area contributed by atoms with Crippen LogP contribution in [-0.2, 0) is 47.7 Å². The number of hydrogen-bond donors (Lipinski definition) is 0. The molecule has 13 heteroatoms. The summed E-state index contributed by atoms with van der Waals surface area (Å²) in [6, 6.07) is 6.69. The number of nitrogens with zero attached hydrogens (tertiary/aromatic N) is 1. The smallest absolute Gasteiger partial charge is 0.332 e. The first-order chi connectivity index (χ1) is 16.0. The van der Waals surface area contributed by atoms with Gasteiger partial charge in [0.25, 0.3) is 0 Å². The van der Waals surface area contributed by atoms with Gasteiger partial charge in [-0.1, -0.05) is 28.9 Å². The Balaban J connectivity index is 2.02. The molecule has 0 aliphatic carbocycles. The fourth-order valence-corrected chi connectivity index (χ4v) is 4.64. The molecule has 2 heterocycles. The first kappa shape index (κ1) is 25.8. The molecule has 2 aliphatic heterocycles. The molecule has 1 spiro atoms. The minimum absolute atomic E-state index is 0.354. The lowest BCUT2D eigenvalue weighted by atomic mass is 9.98. The van der Waals surface area contributed by atoms with E-state index in [-0.39, 0.29) is 6.61 Å². The summed E-state index contributed by atoms with van der Waals surface area (Å²) in [4.78, 5) is 52.9. The Labute approximate surface area is 203 Å². The molecule has 0 saturated carbocycles. The number of benzene rings is 1. The summed E-state index contributed by atoms with van der Waals surface area (Å²) in [5, 5.41) is 3.08. The Hall–Kier alpha value is -2.83. The minimum Gasteiger partial charge on any atom is -0.463 e. The van der Waals surface area contributed by atoms with Crippen LogP contribution >= 0.6 is 23.4 Å². The first-order valence-corrected chi connectivity index (χ1v) is 11.2. The van der Waals surface area contributed by atoms with E-state index in [0.29, 0.717) is 15.6 Å². The molecule has 0 aromatic heterocycles. The van der Waals surface area contributed by atoms with Crippen LogP contribution < -0.4 is 0 Å².